The third-order valence-corrected chi connectivity index (χ3v) is 4.49. The van der Waals surface area contributed by atoms with Gasteiger partial charge in [0.05, 0.1) is 40.2 Å². The molecular weight excluding hydrogens is 452 g/mol. The Kier molecular flexibility index (Phi) is 8.17. The Morgan fingerprint density at radius 2 is 1.60 bits per heavy atom. The van der Waals surface area contributed by atoms with Crippen molar-refractivity contribution in [1.29, 1.82) is 0 Å². The predicted molar refractivity (Wildman–Crippen MR) is 107 cm³/mol. The van der Waals surface area contributed by atoms with Crippen LogP contribution in [-0.2, 0) is 6.54 Å². The zero-order chi connectivity index (χ0) is 20.8. The zero-order valence-corrected chi connectivity index (χ0v) is 18.8. The van der Waals surface area contributed by atoms with Crippen LogP contribution in [-0.4, -0.2) is 39.2 Å². The Bertz CT molecular complexity index is 1010. The molecule has 8 heteroatoms. The lowest BCUT2D eigenvalue weighted by Gasteiger charge is -2.09. The number of rotatable bonds is 8. The van der Waals surface area contributed by atoms with E-state index < -0.39 is 0 Å². The molecule has 0 atom stereocenters. The van der Waals surface area contributed by atoms with Crippen LogP contribution >= 0.6 is 0 Å². The van der Waals surface area contributed by atoms with E-state index in [0.717, 1.165) is 11.3 Å². The van der Waals surface area contributed by atoms with Gasteiger partial charge in [-0.3, -0.25) is 4.79 Å². The van der Waals surface area contributed by atoms with E-state index in [-0.39, 0.29) is 29.3 Å². The standard InChI is InChI=1S/C22H23N2O5.BrH/c1-26-16-6-7-17(21(12-16)28-3)18-9-10-24(14-23-18)13-19(25)15-5-8-20(27-2)22(11-15)29-4;/h5-12,14H,13H2,1-4H3;1H/q+1;/p-1. The second-order valence-corrected chi connectivity index (χ2v) is 6.18. The Hall–Kier alpha value is -3.13. The third kappa shape index (κ3) is 5.07. The molecule has 0 fully saturated rings. The number of benzene rings is 2. The van der Waals surface area contributed by atoms with Crippen molar-refractivity contribution in [2.24, 2.45) is 0 Å². The van der Waals surface area contributed by atoms with Crippen molar-refractivity contribution in [3.63, 3.8) is 0 Å². The molecule has 7 nitrogen and oxygen atoms in total. The van der Waals surface area contributed by atoms with Crippen molar-refractivity contribution >= 4 is 5.78 Å². The molecule has 0 aliphatic rings. The summed E-state index contributed by atoms with van der Waals surface area (Å²) in [6.07, 6.45) is 3.43. The first-order chi connectivity index (χ1) is 14.1. The van der Waals surface area contributed by atoms with Crippen molar-refractivity contribution in [3.05, 3.63) is 60.6 Å². The fourth-order valence-electron chi connectivity index (χ4n) is 2.91. The fourth-order valence-corrected chi connectivity index (χ4v) is 2.91. The van der Waals surface area contributed by atoms with Crippen LogP contribution in [0.1, 0.15) is 10.4 Å². The Balaban J connectivity index is 0.00000320. The van der Waals surface area contributed by atoms with E-state index in [2.05, 4.69) is 4.98 Å². The highest BCUT2D eigenvalue weighted by Gasteiger charge is 2.16. The van der Waals surface area contributed by atoms with Crippen molar-refractivity contribution < 1.29 is 45.3 Å². The number of ketones is 1. The van der Waals surface area contributed by atoms with Gasteiger partial charge < -0.3 is 35.9 Å². The third-order valence-electron chi connectivity index (χ3n) is 4.49. The number of aromatic nitrogens is 2. The number of Topliss-reactive ketones (excluding diaryl/α,β-unsaturated/α-hetero) is 1. The minimum absolute atomic E-state index is 0. The van der Waals surface area contributed by atoms with Gasteiger partial charge in [-0.1, -0.05) is 0 Å². The SMILES string of the molecule is COc1ccc(-c2cc[n+](CC(=O)c3ccc(OC)c(OC)c3)cn2)c(OC)c1.[Br-]. The molecule has 0 bridgehead atoms. The summed E-state index contributed by atoms with van der Waals surface area (Å²) >= 11 is 0. The summed E-state index contributed by atoms with van der Waals surface area (Å²) in [5, 5.41) is 0. The molecule has 0 unspecified atom stereocenters. The highest BCUT2D eigenvalue weighted by atomic mass is 79.9. The monoisotopic (exact) mass is 474 g/mol. The predicted octanol–water partition coefficient (Wildman–Crippen LogP) is -0.0426. The molecule has 0 radical (unpaired) electrons. The summed E-state index contributed by atoms with van der Waals surface area (Å²) in [5.41, 5.74) is 2.11. The van der Waals surface area contributed by atoms with E-state index in [1.54, 1.807) is 56.5 Å². The molecule has 0 saturated heterocycles. The maximum Gasteiger partial charge on any atom is 0.287 e. The highest BCUT2D eigenvalue weighted by molar-refractivity contribution is 5.95. The second kappa shape index (κ2) is 10.6. The molecule has 2 aromatic carbocycles. The molecule has 0 amide bonds. The fraction of sp³-hybridized carbons (Fsp3) is 0.227. The lowest BCUT2D eigenvalue weighted by molar-refractivity contribution is -0.686. The van der Waals surface area contributed by atoms with Gasteiger partial charge in [-0.25, -0.2) is 4.57 Å². The van der Waals surface area contributed by atoms with Crippen molar-refractivity contribution in [2.75, 3.05) is 28.4 Å². The van der Waals surface area contributed by atoms with Gasteiger partial charge in [0.1, 0.15) is 11.5 Å². The molecule has 0 spiro atoms. The summed E-state index contributed by atoms with van der Waals surface area (Å²) in [4.78, 5) is 17.1. The number of methoxy groups -OCH3 is 4. The van der Waals surface area contributed by atoms with Crippen molar-refractivity contribution in [1.82, 2.24) is 4.98 Å². The Labute approximate surface area is 186 Å². The van der Waals surface area contributed by atoms with Crippen molar-refractivity contribution in [2.45, 2.75) is 6.54 Å². The number of halogens is 1. The molecule has 30 heavy (non-hydrogen) atoms. The van der Waals surface area contributed by atoms with Crippen LogP contribution in [0.25, 0.3) is 11.3 Å². The largest absolute Gasteiger partial charge is 1.00 e. The van der Waals surface area contributed by atoms with E-state index in [0.29, 0.717) is 28.6 Å². The van der Waals surface area contributed by atoms with Crippen LogP contribution in [0.4, 0.5) is 0 Å². The van der Waals surface area contributed by atoms with E-state index >= 15 is 0 Å². The number of carbonyl (C=O) groups is 1. The van der Waals surface area contributed by atoms with Gasteiger partial charge in [-0.2, -0.15) is 0 Å². The molecule has 0 N–H and O–H groups in total. The van der Waals surface area contributed by atoms with Crippen LogP contribution in [0.2, 0.25) is 0 Å². The second-order valence-electron chi connectivity index (χ2n) is 6.18. The number of nitrogens with zero attached hydrogens (tertiary/aromatic N) is 2. The van der Waals surface area contributed by atoms with Gasteiger partial charge in [0, 0.05) is 17.7 Å². The van der Waals surface area contributed by atoms with E-state index in [4.69, 9.17) is 18.9 Å². The lowest BCUT2D eigenvalue weighted by atomic mass is 10.1. The molecule has 3 rings (SSSR count). The molecular formula is C22H23BrN2O5. The number of carbonyl (C=O) groups excluding carboxylic acids is 1. The molecule has 1 heterocycles. The van der Waals surface area contributed by atoms with Crippen molar-refractivity contribution in [3.8, 4) is 34.3 Å². The van der Waals surface area contributed by atoms with Gasteiger partial charge in [0.2, 0.25) is 5.78 Å². The van der Waals surface area contributed by atoms with Crippen LogP contribution < -0.4 is 40.5 Å². The average Bonchev–Trinajstić information content (AvgIpc) is 2.78. The minimum atomic E-state index is -0.0625. The highest BCUT2D eigenvalue weighted by Crippen LogP contribution is 2.31. The van der Waals surface area contributed by atoms with Gasteiger partial charge in [-0.15, -0.1) is 0 Å². The van der Waals surface area contributed by atoms with Gasteiger partial charge in [-0.05, 0) is 35.3 Å². The van der Waals surface area contributed by atoms with E-state index in [1.807, 2.05) is 24.4 Å². The van der Waals surface area contributed by atoms with Gasteiger partial charge in [0.15, 0.2) is 23.7 Å². The Morgan fingerprint density at radius 1 is 0.867 bits per heavy atom. The van der Waals surface area contributed by atoms with E-state index in [1.165, 1.54) is 7.11 Å². The summed E-state index contributed by atoms with van der Waals surface area (Å²) < 4.78 is 22.8. The summed E-state index contributed by atoms with van der Waals surface area (Å²) in [6, 6.07) is 12.5. The Morgan fingerprint density at radius 3 is 2.20 bits per heavy atom. The molecule has 0 aliphatic heterocycles. The average molecular weight is 475 g/mol. The summed E-state index contributed by atoms with van der Waals surface area (Å²) in [6.45, 7) is 0.155. The maximum absolute atomic E-state index is 12.6. The smallest absolute Gasteiger partial charge is 0.287 e. The maximum atomic E-state index is 12.6. The van der Waals surface area contributed by atoms with Crippen LogP contribution in [0.15, 0.2) is 55.0 Å². The first-order valence-electron chi connectivity index (χ1n) is 8.92. The van der Waals surface area contributed by atoms with Crippen LogP contribution in [0, 0.1) is 0 Å². The van der Waals surface area contributed by atoms with E-state index in [9.17, 15) is 4.79 Å². The van der Waals surface area contributed by atoms with Gasteiger partial charge >= 0.3 is 0 Å². The molecule has 158 valence electrons. The number of hydrogen-bond acceptors (Lipinski definition) is 6. The lowest BCUT2D eigenvalue weighted by Crippen LogP contribution is -3.00. The summed E-state index contributed by atoms with van der Waals surface area (Å²) in [7, 11) is 6.30. The molecule has 3 aromatic rings. The molecule has 0 saturated carbocycles. The molecule has 1 aromatic heterocycles. The quantitative estimate of drug-likeness (QED) is 0.337. The topological polar surface area (TPSA) is 70.8 Å². The first kappa shape index (κ1) is 23.2. The normalized spacial score (nSPS) is 10.0. The zero-order valence-electron chi connectivity index (χ0n) is 17.2. The van der Waals surface area contributed by atoms with Crippen LogP contribution in [0.3, 0.4) is 0 Å². The minimum Gasteiger partial charge on any atom is -1.00 e. The number of hydrogen-bond donors (Lipinski definition) is 0. The van der Waals surface area contributed by atoms with Gasteiger partial charge in [0.25, 0.3) is 6.33 Å². The van der Waals surface area contributed by atoms with Crippen LogP contribution in [0.5, 0.6) is 23.0 Å². The molecule has 0 aliphatic carbocycles. The first-order valence-corrected chi connectivity index (χ1v) is 8.92. The number of ether oxygens (including phenoxy) is 4. The summed E-state index contributed by atoms with van der Waals surface area (Å²) in [5.74, 6) is 2.40.